The van der Waals surface area contributed by atoms with Gasteiger partial charge in [0.2, 0.25) is 0 Å². The third-order valence-corrected chi connectivity index (χ3v) is 8.18. The third kappa shape index (κ3) is 9.87. The van der Waals surface area contributed by atoms with E-state index in [1.165, 1.54) is 26.5 Å². The number of fused-ring (bicyclic) bond motifs is 3. The molecule has 0 heterocycles. The van der Waals surface area contributed by atoms with Crippen LogP contribution in [0.3, 0.4) is 0 Å². The van der Waals surface area contributed by atoms with Crippen LogP contribution in [0.1, 0.15) is 63.5 Å². The molecule has 0 bridgehead atoms. The number of alkyl carbamates (subject to hydrolysis) is 1. The van der Waals surface area contributed by atoms with Crippen LogP contribution in [-0.4, -0.2) is 41.3 Å². The SMILES string of the molecule is C/C(I)=C\CC/C(C)=C/CC/C(C)=C/CSCC(NC(=O)OCC1c2ccccc2-c2ccccc21)C(=O)O. The van der Waals surface area contributed by atoms with E-state index >= 15 is 0 Å². The maximum Gasteiger partial charge on any atom is 0.407 e. The van der Waals surface area contributed by atoms with E-state index in [1.54, 1.807) is 0 Å². The van der Waals surface area contributed by atoms with Crippen LogP contribution in [0.5, 0.6) is 0 Å². The summed E-state index contributed by atoms with van der Waals surface area (Å²) in [6.07, 6.45) is 10.2. The first-order valence-electron chi connectivity index (χ1n) is 13.3. The fourth-order valence-electron chi connectivity index (χ4n) is 4.59. The van der Waals surface area contributed by atoms with Crippen molar-refractivity contribution < 1.29 is 19.4 Å². The number of rotatable bonds is 14. The average Bonchev–Trinajstić information content (AvgIpc) is 3.22. The Kier molecular flexibility index (Phi) is 12.7. The van der Waals surface area contributed by atoms with Crippen molar-refractivity contribution in [1.82, 2.24) is 5.32 Å². The van der Waals surface area contributed by atoms with Crippen molar-refractivity contribution in [1.29, 1.82) is 0 Å². The molecule has 0 aromatic heterocycles. The van der Waals surface area contributed by atoms with Gasteiger partial charge in [-0.15, -0.1) is 0 Å². The zero-order valence-electron chi connectivity index (χ0n) is 22.9. The predicted octanol–water partition coefficient (Wildman–Crippen LogP) is 8.50. The number of hydrogen-bond acceptors (Lipinski definition) is 4. The van der Waals surface area contributed by atoms with E-state index in [-0.39, 0.29) is 18.3 Å². The summed E-state index contributed by atoms with van der Waals surface area (Å²) in [5.41, 5.74) is 7.23. The molecule has 2 aromatic carbocycles. The highest BCUT2D eigenvalue weighted by atomic mass is 127. The monoisotopic (exact) mass is 659 g/mol. The minimum absolute atomic E-state index is 0.0652. The number of carboxylic acids is 1. The third-order valence-electron chi connectivity index (χ3n) is 6.76. The van der Waals surface area contributed by atoms with Crippen molar-refractivity contribution in [2.45, 2.75) is 58.4 Å². The van der Waals surface area contributed by atoms with Crippen molar-refractivity contribution in [3.8, 4) is 11.1 Å². The van der Waals surface area contributed by atoms with Crippen LogP contribution >= 0.6 is 34.4 Å². The largest absolute Gasteiger partial charge is 0.480 e. The van der Waals surface area contributed by atoms with Crippen LogP contribution < -0.4 is 5.32 Å². The van der Waals surface area contributed by atoms with Gasteiger partial charge in [-0.25, -0.2) is 9.59 Å². The molecule has 3 rings (SSSR count). The number of halogens is 1. The number of aliphatic carboxylic acids is 1. The molecule has 5 nitrogen and oxygen atoms in total. The van der Waals surface area contributed by atoms with Gasteiger partial charge in [0.05, 0.1) is 0 Å². The van der Waals surface area contributed by atoms with Crippen LogP contribution in [0.2, 0.25) is 0 Å². The van der Waals surface area contributed by atoms with Crippen LogP contribution in [0, 0.1) is 0 Å². The Bertz CT molecular complexity index is 1190. The van der Waals surface area contributed by atoms with E-state index in [1.807, 2.05) is 24.3 Å². The van der Waals surface area contributed by atoms with E-state index < -0.39 is 18.1 Å². The highest BCUT2D eigenvalue weighted by molar-refractivity contribution is 14.1. The Morgan fingerprint density at radius 1 is 0.949 bits per heavy atom. The Morgan fingerprint density at radius 2 is 1.51 bits per heavy atom. The summed E-state index contributed by atoms with van der Waals surface area (Å²) in [6, 6.07) is 15.2. The minimum Gasteiger partial charge on any atom is -0.480 e. The summed E-state index contributed by atoms with van der Waals surface area (Å²) in [6.45, 7) is 6.56. The van der Waals surface area contributed by atoms with Gasteiger partial charge in [0.15, 0.2) is 0 Å². The quantitative estimate of drug-likeness (QED) is 0.121. The van der Waals surface area contributed by atoms with Crippen LogP contribution in [0.25, 0.3) is 11.1 Å². The molecule has 1 aliphatic rings. The average molecular weight is 660 g/mol. The van der Waals surface area contributed by atoms with Gasteiger partial charge in [0, 0.05) is 17.4 Å². The molecule has 1 amide bonds. The minimum atomic E-state index is -1.06. The number of thioether (sulfide) groups is 1. The fourth-order valence-corrected chi connectivity index (χ4v) is 5.90. The lowest BCUT2D eigenvalue weighted by atomic mass is 9.98. The van der Waals surface area contributed by atoms with Crippen LogP contribution in [0.15, 0.2) is 81.5 Å². The summed E-state index contributed by atoms with van der Waals surface area (Å²) < 4.78 is 6.85. The smallest absolute Gasteiger partial charge is 0.407 e. The van der Waals surface area contributed by atoms with Gasteiger partial charge in [0.25, 0.3) is 0 Å². The summed E-state index contributed by atoms with van der Waals surface area (Å²) >= 11 is 3.83. The predicted molar refractivity (Wildman–Crippen MR) is 171 cm³/mol. The van der Waals surface area contributed by atoms with E-state index in [0.29, 0.717) is 5.75 Å². The van der Waals surface area contributed by atoms with Crippen molar-refractivity contribution in [2.24, 2.45) is 0 Å². The van der Waals surface area contributed by atoms with Gasteiger partial charge in [-0.05, 0) is 94.9 Å². The van der Waals surface area contributed by atoms with Gasteiger partial charge in [-0.3, -0.25) is 0 Å². The Hall–Kier alpha value is -2.52. The van der Waals surface area contributed by atoms with Crippen LogP contribution in [-0.2, 0) is 9.53 Å². The summed E-state index contributed by atoms with van der Waals surface area (Å²) in [7, 11) is 0. The Morgan fingerprint density at radius 3 is 2.10 bits per heavy atom. The van der Waals surface area contributed by atoms with Crippen molar-refractivity contribution >= 4 is 46.4 Å². The first-order valence-corrected chi connectivity index (χ1v) is 15.5. The molecule has 208 valence electrons. The molecule has 0 radical (unpaired) electrons. The molecule has 0 fully saturated rings. The molecule has 7 heteroatoms. The standard InChI is InChI=1S/C32H38INO4S/c1-22(12-9-13-24(3)33)10-8-11-23(2)18-19-39-21-30(31(35)36)34-32(37)38-20-29-27-16-6-4-14-25(27)26-15-5-7-17-28(26)29/h4-7,10,13-18,29-30H,8-9,11-12,19-21H2,1-3H3,(H,34,37)(H,35,36)/b22-10+,23-18+,24-13+. The highest BCUT2D eigenvalue weighted by Gasteiger charge is 2.29. The Balaban J connectivity index is 1.41. The zero-order chi connectivity index (χ0) is 28.2. The topological polar surface area (TPSA) is 75.6 Å². The lowest BCUT2D eigenvalue weighted by Gasteiger charge is -2.17. The molecule has 0 saturated heterocycles. The molecule has 0 saturated carbocycles. The van der Waals surface area contributed by atoms with E-state index in [2.05, 4.69) is 91.2 Å². The number of benzene rings is 2. The molecule has 0 spiro atoms. The molecule has 1 atom stereocenters. The van der Waals surface area contributed by atoms with E-state index in [9.17, 15) is 14.7 Å². The second-order valence-corrected chi connectivity index (χ2v) is 12.6. The van der Waals surface area contributed by atoms with Gasteiger partial charge < -0.3 is 15.2 Å². The number of carboxylic acid groups (broad SMARTS) is 1. The number of ether oxygens (including phenoxy) is 1. The Labute approximate surface area is 250 Å². The van der Waals surface area contributed by atoms with Crippen molar-refractivity contribution in [3.05, 3.63) is 92.6 Å². The number of carbonyl (C=O) groups excluding carboxylic acids is 1. The highest BCUT2D eigenvalue weighted by Crippen LogP contribution is 2.44. The number of hydrogen-bond donors (Lipinski definition) is 2. The summed E-state index contributed by atoms with van der Waals surface area (Å²) in [4.78, 5) is 24.3. The van der Waals surface area contributed by atoms with Gasteiger partial charge in [-0.1, -0.05) is 77.9 Å². The lowest BCUT2D eigenvalue weighted by Crippen LogP contribution is -2.43. The molecule has 1 aliphatic carbocycles. The van der Waals surface area contributed by atoms with Gasteiger partial charge >= 0.3 is 12.1 Å². The number of nitrogens with one attached hydrogen (secondary N) is 1. The number of allylic oxidation sites excluding steroid dienone is 5. The molecule has 0 aliphatic heterocycles. The number of carbonyl (C=O) groups is 2. The number of amides is 1. The summed E-state index contributed by atoms with van der Waals surface area (Å²) in [5.74, 6) is -0.161. The zero-order valence-corrected chi connectivity index (χ0v) is 25.9. The second kappa shape index (κ2) is 15.9. The van der Waals surface area contributed by atoms with E-state index in [0.717, 1.165) is 47.9 Å². The normalized spacial score (nSPS) is 14.5. The fraction of sp³-hybridized carbons (Fsp3) is 0.375. The molecule has 1 unspecified atom stereocenters. The molecular weight excluding hydrogens is 621 g/mol. The lowest BCUT2D eigenvalue weighted by molar-refractivity contribution is -0.138. The van der Waals surface area contributed by atoms with Gasteiger partial charge in [-0.2, -0.15) is 11.8 Å². The van der Waals surface area contributed by atoms with E-state index in [4.69, 9.17) is 4.74 Å². The van der Waals surface area contributed by atoms with Crippen molar-refractivity contribution in [3.63, 3.8) is 0 Å². The first-order chi connectivity index (χ1) is 18.8. The van der Waals surface area contributed by atoms with Crippen molar-refractivity contribution in [2.75, 3.05) is 18.1 Å². The molecule has 2 aromatic rings. The first kappa shape index (κ1) is 31.0. The molecule has 39 heavy (non-hydrogen) atoms. The summed E-state index contributed by atoms with van der Waals surface area (Å²) in [5, 5.41) is 12.2. The maximum absolute atomic E-state index is 12.5. The second-order valence-electron chi connectivity index (χ2n) is 9.87. The molecule has 2 N–H and O–H groups in total. The van der Waals surface area contributed by atoms with Crippen LogP contribution in [0.4, 0.5) is 4.79 Å². The molecular formula is C32H38INO4S. The maximum atomic E-state index is 12.5. The van der Waals surface area contributed by atoms with Gasteiger partial charge in [0.1, 0.15) is 12.6 Å².